The average Bonchev–Trinajstić information content (AvgIpc) is 2.67. The van der Waals surface area contributed by atoms with Crippen molar-refractivity contribution in [2.45, 2.75) is 65.4 Å². The van der Waals surface area contributed by atoms with Crippen LogP contribution in [0.5, 0.6) is 0 Å². The minimum Gasteiger partial charge on any atom is -0.478 e. The molecule has 0 radical (unpaired) electrons. The van der Waals surface area contributed by atoms with Crippen molar-refractivity contribution in [3.05, 3.63) is 23.3 Å². The number of Topliss-reactive ketones (excluding diaryl/α,β-unsaturated/α-hetero) is 2. The first kappa shape index (κ1) is 20.3. The maximum absolute atomic E-state index is 12.3. The van der Waals surface area contributed by atoms with Crippen LogP contribution in [-0.2, 0) is 19.1 Å². The molecule has 1 heterocycles. The molecule has 0 amide bonds. The number of hydrogen-bond donors (Lipinski definition) is 1. The summed E-state index contributed by atoms with van der Waals surface area (Å²) in [5.41, 5.74) is 1.46. The van der Waals surface area contributed by atoms with Gasteiger partial charge in [0.15, 0.2) is 5.78 Å². The lowest BCUT2D eigenvalue weighted by atomic mass is 9.94. The van der Waals surface area contributed by atoms with Crippen molar-refractivity contribution in [3.8, 4) is 0 Å². The first-order valence-electron chi connectivity index (χ1n) is 8.56. The summed E-state index contributed by atoms with van der Waals surface area (Å²) in [5.74, 6) is -1.16. The minimum atomic E-state index is -1.10. The number of allylic oxidation sites excluding steroid dienone is 2. The SMILES string of the molecule is CC(C)=CCC(=O)C(C)CCCC1OCCCC(=CC(=O)O)C1=O. The van der Waals surface area contributed by atoms with Gasteiger partial charge in [-0.15, -0.1) is 0 Å². The lowest BCUT2D eigenvalue weighted by Gasteiger charge is -2.15. The van der Waals surface area contributed by atoms with Crippen LogP contribution in [0.15, 0.2) is 23.3 Å². The fourth-order valence-corrected chi connectivity index (χ4v) is 2.68. The van der Waals surface area contributed by atoms with E-state index in [1.165, 1.54) is 0 Å². The Kier molecular flexibility index (Phi) is 8.61. The molecule has 24 heavy (non-hydrogen) atoms. The smallest absolute Gasteiger partial charge is 0.328 e. The highest BCUT2D eigenvalue weighted by Crippen LogP contribution is 2.21. The van der Waals surface area contributed by atoms with E-state index in [-0.39, 0.29) is 17.5 Å². The van der Waals surface area contributed by atoms with Crippen LogP contribution in [-0.4, -0.2) is 35.4 Å². The molecule has 0 spiro atoms. The molecule has 5 nitrogen and oxygen atoms in total. The number of carboxylic acid groups (broad SMARTS) is 1. The molecule has 0 aliphatic carbocycles. The first-order valence-corrected chi connectivity index (χ1v) is 8.56. The normalized spacial score (nSPS) is 21.2. The van der Waals surface area contributed by atoms with Gasteiger partial charge in [0.25, 0.3) is 0 Å². The molecular formula is C19H28O5. The quantitative estimate of drug-likeness (QED) is 0.542. The number of ketones is 2. The van der Waals surface area contributed by atoms with E-state index >= 15 is 0 Å². The number of rotatable bonds is 8. The largest absolute Gasteiger partial charge is 0.478 e. The summed E-state index contributed by atoms with van der Waals surface area (Å²) in [4.78, 5) is 35.1. The first-order chi connectivity index (χ1) is 11.3. The molecule has 1 aliphatic rings. The number of carbonyl (C=O) groups excluding carboxylic acids is 2. The van der Waals surface area contributed by atoms with E-state index in [0.717, 1.165) is 11.6 Å². The number of aliphatic carboxylic acids is 1. The Balaban J connectivity index is 2.50. The molecule has 0 aromatic rings. The van der Waals surface area contributed by atoms with Crippen LogP contribution in [0.2, 0.25) is 0 Å². The fraction of sp³-hybridized carbons (Fsp3) is 0.632. The maximum Gasteiger partial charge on any atom is 0.328 e. The van der Waals surface area contributed by atoms with Crippen LogP contribution in [0.25, 0.3) is 0 Å². The summed E-state index contributed by atoms with van der Waals surface area (Å²) in [6.07, 6.45) is 5.83. The second-order valence-electron chi connectivity index (χ2n) is 6.62. The van der Waals surface area contributed by atoms with Crippen molar-refractivity contribution < 1.29 is 24.2 Å². The standard InChI is InChI=1S/C19H28O5/c1-13(2)9-10-16(20)14(3)6-4-8-17-19(23)15(12-18(21)22)7-5-11-24-17/h9,12,14,17H,4-8,10-11H2,1-3H3,(H,21,22). The monoisotopic (exact) mass is 336 g/mol. The van der Waals surface area contributed by atoms with Gasteiger partial charge in [0.2, 0.25) is 0 Å². The van der Waals surface area contributed by atoms with Crippen molar-refractivity contribution >= 4 is 17.5 Å². The summed E-state index contributed by atoms with van der Waals surface area (Å²) in [6, 6.07) is 0. The summed E-state index contributed by atoms with van der Waals surface area (Å²) in [7, 11) is 0. The summed E-state index contributed by atoms with van der Waals surface area (Å²) in [5, 5.41) is 8.85. The van der Waals surface area contributed by atoms with Gasteiger partial charge in [0.1, 0.15) is 11.9 Å². The Morgan fingerprint density at radius 2 is 2.08 bits per heavy atom. The van der Waals surface area contributed by atoms with E-state index in [1.807, 2.05) is 26.8 Å². The highest BCUT2D eigenvalue weighted by atomic mass is 16.5. The predicted molar refractivity (Wildman–Crippen MR) is 91.8 cm³/mol. The maximum atomic E-state index is 12.3. The molecule has 5 heteroatoms. The van der Waals surface area contributed by atoms with Crippen LogP contribution < -0.4 is 0 Å². The molecule has 1 N–H and O–H groups in total. The predicted octanol–water partition coefficient (Wildman–Crippen LogP) is 3.48. The van der Waals surface area contributed by atoms with Gasteiger partial charge >= 0.3 is 5.97 Å². The zero-order valence-corrected chi connectivity index (χ0v) is 14.8. The average molecular weight is 336 g/mol. The molecule has 134 valence electrons. The van der Waals surface area contributed by atoms with E-state index in [2.05, 4.69) is 0 Å². The Morgan fingerprint density at radius 1 is 1.38 bits per heavy atom. The zero-order chi connectivity index (χ0) is 18.1. The topological polar surface area (TPSA) is 80.7 Å². The second kappa shape index (κ2) is 10.2. The summed E-state index contributed by atoms with van der Waals surface area (Å²) < 4.78 is 5.57. The van der Waals surface area contributed by atoms with Gasteiger partial charge in [0.05, 0.1) is 0 Å². The molecule has 0 saturated carbocycles. The highest BCUT2D eigenvalue weighted by molar-refractivity contribution is 6.03. The Bertz CT molecular complexity index is 526. The Labute approximate surface area is 143 Å². The van der Waals surface area contributed by atoms with E-state index in [9.17, 15) is 14.4 Å². The van der Waals surface area contributed by atoms with Crippen molar-refractivity contribution in [1.82, 2.24) is 0 Å². The van der Waals surface area contributed by atoms with Crippen LogP contribution >= 0.6 is 0 Å². The van der Waals surface area contributed by atoms with E-state index < -0.39 is 12.1 Å². The molecule has 1 fully saturated rings. The minimum absolute atomic E-state index is 0.0458. The molecule has 2 atom stereocenters. The third-order valence-electron chi connectivity index (χ3n) is 4.18. The molecular weight excluding hydrogens is 308 g/mol. The Morgan fingerprint density at radius 3 is 2.71 bits per heavy atom. The van der Waals surface area contributed by atoms with Crippen molar-refractivity contribution in [3.63, 3.8) is 0 Å². The third-order valence-corrected chi connectivity index (χ3v) is 4.18. The van der Waals surface area contributed by atoms with E-state index in [1.54, 1.807) is 0 Å². The van der Waals surface area contributed by atoms with Gasteiger partial charge in [-0.1, -0.05) is 18.6 Å². The van der Waals surface area contributed by atoms with Gasteiger partial charge < -0.3 is 9.84 Å². The molecule has 0 bridgehead atoms. The molecule has 2 unspecified atom stereocenters. The van der Waals surface area contributed by atoms with Gasteiger partial charge in [-0.2, -0.15) is 0 Å². The van der Waals surface area contributed by atoms with Crippen molar-refractivity contribution in [2.24, 2.45) is 5.92 Å². The fourth-order valence-electron chi connectivity index (χ4n) is 2.68. The molecule has 0 aromatic heterocycles. The van der Waals surface area contributed by atoms with Gasteiger partial charge in [-0.25, -0.2) is 4.79 Å². The van der Waals surface area contributed by atoms with Crippen LogP contribution in [0.4, 0.5) is 0 Å². The highest BCUT2D eigenvalue weighted by Gasteiger charge is 2.26. The number of carboxylic acids is 1. The van der Waals surface area contributed by atoms with Crippen LogP contribution in [0.3, 0.4) is 0 Å². The molecule has 1 saturated heterocycles. The van der Waals surface area contributed by atoms with Crippen LogP contribution in [0, 0.1) is 5.92 Å². The number of hydrogen-bond acceptors (Lipinski definition) is 4. The zero-order valence-electron chi connectivity index (χ0n) is 14.8. The molecule has 1 rings (SSSR count). The van der Waals surface area contributed by atoms with Gasteiger partial charge in [-0.05, 0) is 46.0 Å². The molecule has 0 aromatic carbocycles. The lowest BCUT2D eigenvalue weighted by molar-refractivity contribution is -0.132. The van der Waals surface area contributed by atoms with Gasteiger partial charge in [0, 0.05) is 30.6 Å². The van der Waals surface area contributed by atoms with Crippen LogP contribution in [0.1, 0.15) is 59.3 Å². The Hall–Kier alpha value is -1.75. The number of carbonyl (C=O) groups is 3. The van der Waals surface area contributed by atoms with E-state index in [4.69, 9.17) is 9.84 Å². The summed E-state index contributed by atoms with van der Waals surface area (Å²) in [6.45, 7) is 6.31. The van der Waals surface area contributed by atoms with Gasteiger partial charge in [-0.3, -0.25) is 9.59 Å². The number of ether oxygens (including phenoxy) is 1. The van der Waals surface area contributed by atoms with Crippen molar-refractivity contribution in [2.75, 3.05) is 6.61 Å². The molecule has 1 aliphatic heterocycles. The van der Waals surface area contributed by atoms with Crippen molar-refractivity contribution in [1.29, 1.82) is 0 Å². The third kappa shape index (κ3) is 7.21. The van der Waals surface area contributed by atoms with E-state index in [0.29, 0.717) is 50.7 Å². The second-order valence-corrected chi connectivity index (χ2v) is 6.62. The summed E-state index contributed by atoms with van der Waals surface area (Å²) >= 11 is 0. The lowest BCUT2D eigenvalue weighted by Crippen LogP contribution is -2.24.